The minimum Gasteiger partial charge on any atom is -0.264 e. The van der Waals surface area contributed by atoms with Gasteiger partial charge in [0, 0.05) is 12.4 Å². The quantitative estimate of drug-likeness (QED) is 0.244. The third-order valence-electron chi connectivity index (χ3n) is 5.30. The van der Waals surface area contributed by atoms with E-state index in [1.165, 1.54) is 48.7 Å². The van der Waals surface area contributed by atoms with E-state index < -0.39 is 0 Å². The molecular formula is C28H25N. The molecule has 0 radical (unpaired) electrons. The van der Waals surface area contributed by atoms with Crippen LogP contribution in [0, 0.1) is 6.92 Å². The maximum atomic E-state index is 4.01. The number of nitrogens with zero attached hydrogens (tertiary/aromatic N) is 1. The lowest BCUT2D eigenvalue weighted by Gasteiger charge is -2.11. The molecule has 1 heteroatoms. The Morgan fingerprint density at radius 2 is 1.10 bits per heavy atom. The van der Waals surface area contributed by atoms with Crippen LogP contribution in [-0.4, -0.2) is 4.98 Å². The molecule has 6 aromatic rings. The van der Waals surface area contributed by atoms with Crippen LogP contribution in [0.2, 0.25) is 0 Å². The smallest absolute Gasteiger partial charge is 0.0346 e. The van der Waals surface area contributed by atoms with E-state index in [0.29, 0.717) is 0 Å². The summed E-state index contributed by atoms with van der Waals surface area (Å²) in [7, 11) is 0. The standard InChI is InChI=1S/C17H12.C9H7N.C2H6/c1-11-5-6-14-8-7-12-3-2-4-13-9-10-15(11)17(14)16(12)13;1-2-4-9-7-10-6-5-8(9)3-1;1-2/h2-10H,1H3;1-7H;1-2H3. The van der Waals surface area contributed by atoms with Gasteiger partial charge in [-0.25, -0.2) is 0 Å². The fourth-order valence-electron chi connectivity index (χ4n) is 3.91. The summed E-state index contributed by atoms with van der Waals surface area (Å²) in [6.07, 6.45) is 3.68. The molecule has 0 bridgehead atoms. The Balaban J connectivity index is 0.000000146. The van der Waals surface area contributed by atoms with E-state index in [1.807, 2.05) is 44.4 Å². The first kappa shape index (κ1) is 18.9. The molecule has 0 atom stereocenters. The largest absolute Gasteiger partial charge is 0.264 e. The van der Waals surface area contributed by atoms with E-state index in [9.17, 15) is 0 Å². The molecule has 5 aromatic carbocycles. The van der Waals surface area contributed by atoms with Crippen molar-refractivity contribution in [3.63, 3.8) is 0 Å². The third-order valence-corrected chi connectivity index (χ3v) is 5.30. The van der Waals surface area contributed by atoms with E-state index in [-0.39, 0.29) is 0 Å². The van der Waals surface area contributed by atoms with Gasteiger partial charge in [-0.1, -0.05) is 92.7 Å². The van der Waals surface area contributed by atoms with Crippen LogP contribution in [0.4, 0.5) is 0 Å². The molecular weight excluding hydrogens is 350 g/mol. The number of hydrogen-bond acceptors (Lipinski definition) is 1. The van der Waals surface area contributed by atoms with Gasteiger partial charge in [0.15, 0.2) is 0 Å². The summed E-state index contributed by atoms with van der Waals surface area (Å²) in [6.45, 7) is 6.19. The van der Waals surface area contributed by atoms with Crippen LogP contribution < -0.4 is 0 Å². The van der Waals surface area contributed by atoms with E-state index in [0.717, 1.165) is 0 Å². The molecule has 0 aliphatic carbocycles. The van der Waals surface area contributed by atoms with Gasteiger partial charge < -0.3 is 0 Å². The highest BCUT2D eigenvalue weighted by atomic mass is 14.6. The highest BCUT2D eigenvalue weighted by Crippen LogP contribution is 2.35. The molecule has 29 heavy (non-hydrogen) atoms. The lowest BCUT2D eigenvalue weighted by atomic mass is 9.92. The average molecular weight is 376 g/mol. The Morgan fingerprint density at radius 3 is 1.83 bits per heavy atom. The predicted molar refractivity (Wildman–Crippen MR) is 128 cm³/mol. The van der Waals surface area contributed by atoms with Gasteiger partial charge in [0.05, 0.1) is 0 Å². The Labute approximate surface area is 172 Å². The number of benzene rings is 5. The summed E-state index contributed by atoms with van der Waals surface area (Å²) in [5.74, 6) is 0. The van der Waals surface area contributed by atoms with Crippen LogP contribution in [0.25, 0.3) is 43.1 Å². The van der Waals surface area contributed by atoms with Crippen molar-refractivity contribution in [3.05, 3.63) is 103 Å². The van der Waals surface area contributed by atoms with Crippen molar-refractivity contribution in [2.75, 3.05) is 0 Å². The molecule has 1 heterocycles. The van der Waals surface area contributed by atoms with Crippen LogP contribution >= 0.6 is 0 Å². The second kappa shape index (κ2) is 8.28. The molecule has 0 fully saturated rings. The van der Waals surface area contributed by atoms with Crippen molar-refractivity contribution < 1.29 is 0 Å². The summed E-state index contributed by atoms with van der Waals surface area (Å²) in [5.41, 5.74) is 1.36. The second-order valence-electron chi connectivity index (χ2n) is 6.96. The normalized spacial score (nSPS) is 10.6. The monoisotopic (exact) mass is 375 g/mol. The third kappa shape index (κ3) is 3.52. The molecule has 0 amide bonds. The van der Waals surface area contributed by atoms with E-state index in [4.69, 9.17) is 0 Å². The minimum absolute atomic E-state index is 1.20. The molecule has 0 N–H and O–H groups in total. The maximum Gasteiger partial charge on any atom is 0.0346 e. The second-order valence-corrected chi connectivity index (χ2v) is 6.96. The van der Waals surface area contributed by atoms with Crippen molar-refractivity contribution in [2.24, 2.45) is 0 Å². The molecule has 0 aliphatic heterocycles. The van der Waals surface area contributed by atoms with E-state index >= 15 is 0 Å². The van der Waals surface area contributed by atoms with Crippen LogP contribution in [0.15, 0.2) is 97.3 Å². The molecule has 0 saturated heterocycles. The van der Waals surface area contributed by atoms with Gasteiger partial charge in [-0.05, 0) is 61.6 Å². The summed E-state index contributed by atoms with van der Waals surface area (Å²) in [6, 6.07) is 30.1. The zero-order chi connectivity index (χ0) is 20.2. The predicted octanol–water partition coefficient (Wildman–Crippen LogP) is 8.15. The topological polar surface area (TPSA) is 12.9 Å². The van der Waals surface area contributed by atoms with Gasteiger partial charge in [-0.15, -0.1) is 0 Å². The SMILES string of the molecule is CC.Cc1ccc2ccc3cccc4ccc1c2c34.c1ccc2cnccc2c1. The van der Waals surface area contributed by atoms with Crippen LogP contribution in [0.1, 0.15) is 19.4 Å². The summed E-state index contributed by atoms with van der Waals surface area (Å²) in [5, 5.41) is 10.7. The molecule has 1 nitrogen and oxygen atoms in total. The van der Waals surface area contributed by atoms with Crippen LogP contribution in [0.5, 0.6) is 0 Å². The number of hydrogen-bond donors (Lipinski definition) is 0. The summed E-state index contributed by atoms with van der Waals surface area (Å²) < 4.78 is 0. The molecule has 6 rings (SSSR count). The first-order chi connectivity index (χ1) is 14.3. The lowest BCUT2D eigenvalue weighted by Crippen LogP contribution is -1.85. The number of pyridine rings is 1. The number of aryl methyl sites for hydroxylation is 1. The number of fused-ring (bicyclic) bond motifs is 1. The molecule has 142 valence electrons. The number of aromatic nitrogens is 1. The number of rotatable bonds is 0. The van der Waals surface area contributed by atoms with E-state index in [1.54, 1.807) is 0 Å². The van der Waals surface area contributed by atoms with Crippen molar-refractivity contribution in [1.29, 1.82) is 0 Å². The highest BCUT2D eigenvalue weighted by Gasteiger charge is 2.08. The fourth-order valence-corrected chi connectivity index (χ4v) is 3.91. The van der Waals surface area contributed by atoms with Crippen molar-refractivity contribution >= 4 is 43.1 Å². The summed E-state index contributed by atoms with van der Waals surface area (Å²) in [4.78, 5) is 4.01. The first-order valence-electron chi connectivity index (χ1n) is 10.2. The lowest BCUT2D eigenvalue weighted by molar-refractivity contribution is 1.36. The maximum absolute atomic E-state index is 4.01. The van der Waals surface area contributed by atoms with Crippen molar-refractivity contribution in [3.8, 4) is 0 Å². The fraction of sp³-hybridized carbons (Fsp3) is 0.107. The van der Waals surface area contributed by atoms with Gasteiger partial charge in [0.25, 0.3) is 0 Å². The van der Waals surface area contributed by atoms with Crippen molar-refractivity contribution in [2.45, 2.75) is 20.8 Å². The van der Waals surface area contributed by atoms with Crippen molar-refractivity contribution in [1.82, 2.24) is 4.98 Å². The minimum atomic E-state index is 1.20. The van der Waals surface area contributed by atoms with Gasteiger partial charge in [0.1, 0.15) is 0 Å². The highest BCUT2D eigenvalue weighted by molar-refractivity contribution is 6.23. The zero-order valence-corrected chi connectivity index (χ0v) is 17.2. The van der Waals surface area contributed by atoms with Crippen LogP contribution in [-0.2, 0) is 0 Å². The Bertz CT molecular complexity index is 1300. The Kier molecular flexibility index (Phi) is 5.39. The molecule has 0 unspecified atom stereocenters. The average Bonchev–Trinajstić information content (AvgIpc) is 2.80. The summed E-state index contributed by atoms with van der Waals surface area (Å²) >= 11 is 0. The Hall–Kier alpha value is -3.45. The molecule has 1 aromatic heterocycles. The van der Waals surface area contributed by atoms with Crippen LogP contribution in [0.3, 0.4) is 0 Å². The molecule has 0 saturated carbocycles. The van der Waals surface area contributed by atoms with Gasteiger partial charge >= 0.3 is 0 Å². The molecule has 0 aliphatic rings. The molecule has 0 spiro atoms. The van der Waals surface area contributed by atoms with Gasteiger partial charge in [0.2, 0.25) is 0 Å². The van der Waals surface area contributed by atoms with E-state index in [2.05, 4.69) is 78.6 Å². The first-order valence-corrected chi connectivity index (χ1v) is 10.2. The van der Waals surface area contributed by atoms with Gasteiger partial charge in [-0.2, -0.15) is 0 Å². The van der Waals surface area contributed by atoms with Gasteiger partial charge in [-0.3, -0.25) is 4.98 Å². The zero-order valence-electron chi connectivity index (χ0n) is 17.2. The Morgan fingerprint density at radius 1 is 0.517 bits per heavy atom.